The summed E-state index contributed by atoms with van der Waals surface area (Å²) >= 11 is 0. The van der Waals surface area contributed by atoms with Crippen molar-refractivity contribution in [2.75, 3.05) is 26.1 Å². The maximum Gasteiger partial charge on any atom is 0.0583 e. The zero-order valence-electron chi connectivity index (χ0n) is 9.45. The molecule has 1 unspecified atom stereocenters. The summed E-state index contributed by atoms with van der Waals surface area (Å²) in [5.41, 5.74) is 2.56. The predicted molar refractivity (Wildman–Crippen MR) is 60.9 cm³/mol. The molecule has 1 aromatic carbocycles. The molecular weight excluding hydrogens is 174 g/mol. The second kappa shape index (κ2) is 5.01. The molecule has 2 nitrogen and oxygen atoms in total. The minimum Gasteiger partial charge on any atom is -0.381 e. The Kier molecular flexibility index (Phi) is 3.96. The molecule has 0 radical (unpaired) electrons. The highest BCUT2D eigenvalue weighted by molar-refractivity contribution is 5.46. The van der Waals surface area contributed by atoms with E-state index in [2.05, 4.69) is 36.1 Å². The van der Waals surface area contributed by atoms with Gasteiger partial charge in [0.05, 0.1) is 6.10 Å². The molecule has 0 saturated carbocycles. The van der Waals surface area contributed by atoms with Crippen LogP contribution in [-0.2, 0) is 11.2 Å². The molecule has 0 bridgehead atoms. The number of ether oxygens (including phenoxy) is 1. The van der Waals surface area contributed by atoms with Gasteiger partial charge in [0.1, 0.15) is 0 Å². The highest BCUT2D eigenvalue weighted by atomic mass is 16.5. The van der Waals surface area contributed by atoms with Gasteiger partial charge in [0.2, 0.25) is 0 Å². The summed E-state index contributed by atoms with van der Waals surface area (Å²) in [6.45, 7) is 2.08. The monoisotopic (exact) mass is 193 g/mol. The quantitative estimate of drug-likeness (QED) is 0.727. The molecule has 0 heterocycles. The smallest absolute Gasteiger partial charge is 0.0583 e. The molecule has 0 N–H and O–H groups in total. The van der Waals surface area contributed by atoms with E-state index in [0.29, 0.717) is 6.10 Å². The average Bonchev–Trinajstić information content (AvgIpc) is 2.18. The number of nitrogens with zero attached hydrogens (tertiary/aromatic N) is 1. The number of hydrogen-bond donors (Lipinski definition) is 0. The van der Waals surface area contributed by atoms with Crippen molar-refractivity contribution in [1.82, 2.24) is 0 Å². The summed E-state index contributed by atoms with van der Waals surface area (Å²) in [7, 11) is 5.85. The van der Waals surface area contributed by atoms with E-state index in [1.54, 1.807) is 7.11 Å². The van der Waals surface area contributed by atoms with Gasteiger partial charge in [0.25, 0.3) is 0 Å². The Morgan fingerprint density at radius 1 is 1.21 bits per heavy atom. The minimum atomic E-state index is 0.292. The first-order chi connectivity index (χ1) is 6.63. The molecule has 0 aliphatic carbocycles. The van der Waals surface area contributed by atoms with Crippen LogP contribution in [0.4, 0.5) is 5.69 Å². The van der Waals surface area contributed by atoms with E-state index in [9.17, 15) is 0 Å². The van der Waals surface area contributed by atoms with Crippen LogP contribution in [0.5, 0.6) is 0 Å². The number of methoxy groups -OCH3 is 1. The molecule has 0 fully saturated rings. The van der Waals surface area contributed by atoms with Crippen molar-refractivity contribution >= 4 is 5.69 Å². The van der Waals surface area contributed by atoms with Crippen LogP contribution in [0.1, 0.15) is 12.5 Å². The zero-order valence-corrected chi connectivity index (χ0v) is 9.45. The number of hydrogen-bond acceptors (Lipinski definition) is 2. The van der Waals surface area contributed by atoms with Gasteiger partial charge >= 0.3 is 0 Å². The van der Waals surface area contributed by atoms with Crippen LogP contribution in [0.25, 0.3) is 0 Å². The fourth-order valence-electron chi connectivity index (χ4n) is 1.35. The van der Waals surface area contributed by atoms with Gasteiger partial charge in [-0.05, 0) is 31.0 Å². The van der Waals surface area contributed by atoms with Crippen LogP contribution < -0.4 is 4.90 Å². The second-order valence-corrected chi connectivity index (χ2v) is 3.81. The Labute approximate surface area is 86.5 Å². The Hall–Kier alpha value is -1.02. The molecule has 1 atom stereocenters. The first-order valence-corrected chi connectivity index (χ1v) is 4.92. The third-order valence-electron chi connectivity index (χ3n) is 2.38. The average molecular weight is 193 g/mol. The van der Waals surface area contributed by atoms with Crippen LogP contribution in [0.3, 0.4) is 0 Å². The van der Waals surface area contributed by atoms with Crippen molar-refractivity contribution in [2.24, 2.45) is 0 Å². The van der Waals surface area contributed by atoms with Crippen LogP contribution in [-0.4, -0.2) is 27.3 Å². The fraction of sp³-hybridized carbons (Fsp3) is 0.500. The van der Waals surface area contributed by atoms with Gasteiger partial charge in [0.15, 0.2) is 0 Å². The summed E-state index contributed by atoms with van der Waals surface area (Å²) in [6.07, 6.45) is 1.27. The third-order valence-corrected chi connectivity index (χ3v) is 2.38. The van der Waals surface area contributed by atoms with Crippen molar-refractivity contribution in [3.63, 3.8) is 0 Å². The maximum absolute atomic E-state index is 5.22. The van der Waals surface area contributed by atoms with Gasteiger partial charge < -0.3 is 9.64 Å². The van der Waals surface area contributed by atoms with Gasteiger partial charge in [-0.3, -0.25) is 0 Å². The summed E-state index contributed by atoms with van der Waals surface area (Å²) in [6, 6.07) is 8.59. The lowest BCUT2D eigenvalue weighted by atomic mass is 10.1. The van der Waals surface area contributed by atoms with E-state index >= 15 is 0 Å². The highest BCUT2D eigenvalue weighted by Crippen LogP contribution is 2.13. The number of benzene rings is 1. The largest absolute Gasteiger partial charge is 0.381 e. The molecule has 2 heteroatoms. The molecule has 14 heavy (non-hydrogen) atoms. The minimum absolute atomic E-state index is 0.292. The third kappa shape index (κ3) is 3.04. The van der Waals surface area contributed by atoms with Crippen molar-refractivity contribution in [3.8, 4) is 0 Å². The molecule has 78 valence electrons. The molecule has 0 aliphatic rings. The predicted octanol–water partition coefficient (Wildman–Crippen LogP) is 2.33. The standard InChI is InChI=1S/C12H19NO/c1-10(14-4)9-11-5-7-12(8-6-11)13(2)3/h5-8,10H,9H2,1-4H3. The van der Waals surface area contributed by atoms with Gasteiger partial charge in [-0.15, -0.1) is 0 Å². The molecule has 1 rings (SSSR count). The normalized spacial score (nSPS) is 12.6. The molecule has 0 saturated heterocycles. The first-order valence-electron chi connectivity index (χ1n) is 4.92. The van der Waals surface area contributed by atoms with Crippen LogP contribution in [0.2, 0.25) is 0 Å². The van der Waals surface area contributed by atoms with E-state index in [-0.39, 0.29) is 0 Å². The lowest BCUT2D eigenvalue weighted by molar-refractivity contribution is 0.119. The number of anilines is 1. The van der Waals surface area contributed by atoms with Crippen molar-refractivity contribution in [3.05, 3.63) is 29.8 Å². The molecule has 0 aromatic heterocycles. The number of rotatable bonds is 4. The second-order valence-electron chi connectivity index (χ2n) is 3.81. The van der Waals surface area contributed by atoms with Crippen LogP contribution >= 0.6 is 0 Å². The van der Waals surface area contributed by atoms with Gasteiger partial charge in [-0.25, -0.2) is 0 Å². The van der Waals surface area contributed by atoms with Gasteiger partial charge in [-0.2, -0.15) is 0 Å². The van der Waals surface area contributed by atoms with Gasteiger partial charge in [0, 0.05) is 26.9 Å². The molecule has 0 amide bonds. The van der Waals surface area contributed by atoms with Crippen molar-refractivity contribution in [2.45, 2.75) is 19.4 Å². The summed E-state index contributed by atoms with van der Waals surface area (Å²) < 4.78 is 5.22. The van der Waals surface area contributed by atoms with Crippen LogP contribution in [0, 0.1) is 0 Å². The SMILES string of the molecule is COC(C)Cc1ccc(N(C)C)cc1. The molecule has 1 aromatic rings. The molecular formula is C12H19NO. The summed E-state index contributed by atoms with van der Waals surface area (Å²) in [4.78, 5) is 2.10. The van der Waals surface area contributed by atoms with Crippen molar-refractivity contribution in [1.29, 1.82) is 0 Å². The topological polar surface area (TPSA) is 12.5 Å². The van der Waals surface area contributed by atoms with E-state index in [4.69, 9.17) is 4.74 Å². The first kappa shape index (κ1) is 11.1. The van der Waals surface area contributed by atoms with E-state index < -0.39 is 0 Å². The van der Waals surface area contributed by atoms with Crippen molar-refractivity contribution < 1.29 is 4.74 Å². The van der Waals surface area contributed by atoms with Gasteiger partial charge in [-0.1, -0.05) is 12.1 Å². The fourth-order valence-corrected chi connectivity index (χ4v) is 1.35. The van der Waals surface area contributed by atoms with E-state index in [1.165, 1.54) is 11.3 Å². The molecule has 0 spiro atoms. The van der Waals surface area contributed by atoms with E-state index in [1.807, 2.05) is 14.1 Å². The zero-order chi connectivity index (χ0) is 10.6. The van der Waals surface area contributed by atoms with Crippen LogP contribution in [0.15, 0.2) is 24.3 Å². The maximum atomic E-state index is 5.22. The Morgan fingerprint density at radius 3 is 2.21 bits per heavy atom. The Morgan fingerprint density at radius 2 is 1.79 bits per heavy atom. The summed E-state index contributed by atoms with van der Waals surface area (Å²) in [5.74, 6) is 0. The lowest BCUT2D eigenvalue weighted by Crippen LogP contribution is -2.10. The Balaban J connectivity index is 2.64. The Bertz CT molecular complexity index is 266. The summed E-state index contributed by atoms with van der Waals surface area (Å²) in [5, 5.41) is 0. The highest BCUT2D eigenvalue weighted by Gasteiger charge is 2.01. The lowest BCUT2D eigenvalue weighted by Gasteiger charge is -2.14. The molecule has 0 aliphatic heterocycles. The van der Waals surface area contributed by atoms with E-state index in [0.717, 1.165) is 6.42 Å².